The first-order valence-corrected chi connectivity index (χ1v) is 8.46. The lowest BCUT2D eigenvalue weighted by molar-refractivity contribution is -0.118. The number of piperazine rings is 1. The second-order valence-corrected chi connectivity index (χ2v) is 6.00. The van der Waals surface area contributed by atoms with Crippen molar-refractivity contribution >= 4 is 18.3 Å². The molecule has 3 rings (SSSR count). The zero-order valence-corrected chi connectivity index (χ0v) is 14.3. The normalized spacial score (nSPS) is 14.2. The molecule has 0 unspecified atom stereocenters. The summed E-state index contributed by atoms with van der Waals surface area (Å²) >= 11 is 0. The third-order valence-electron chi connectivity index (χ3n) is 4.23. The molecule has 1 N–H and O–H groups in total. The summed E-state index contributed by atoms with van der Waals surface area (Å²) in [4.78, 5) is 35.3. The third-order valence-corrected chi connectivity index (χ3v) is 4.23. The summed E-state index contributed by atoms with van der Waals surface area (Å²) in [5.41, 5.74) is 1.25. The van der Waals surface area contributed by atoms with E-state index in [9.17, 15) is 14.0 Å². The van der Waals surface area contributed by atoms with Crippen LogP contribution >= 0.6 is 0 Å². The summed E-state index contributed by atoms with van der Waals surface area (Å²) in [6.07, 6.45) is 3.00. The summed E-state index contributed by atoms with van der Waals surface area (Å²) in [5, 5.41) is 2.81. The van der Waals surface area contributed by atoms with Gasteiger partial charge in [-0.15, -0.1) is 0 Å². The molecular formula is C18H20FN5O2. The number of aromatic nitrogens is 2. The fourth-order valence-electron chi connectivity index (χ4n) is 2.72. The van der Waals surface area contributed by atoms with Crippen molar-refractivity contribution in [3.8, 4) is 0 Å². The van der Waals surface area contributed by atoms with Crippen molar-refractivity contribution in [2.75, 3.05) is 37.6 Å². The number of amides is 2. The van der Waals surface area contributed by atoms with Gasteiger partial charge in [0.2, 0.25) is 12.4 Å². The maximum atomic E-state index is 12.9. The minimum absolute atomic E-state index is 0.276. The molecule has 1 saturated heterocycles. The molecule has 0 aliphatic carbocycles. The lowest BCUT2D eigenvalue weighted by Gasteiger charge is -2.32. The van der Waals surface area contributed by atoms with Gasteiger partial charge in [-0.2, -0.15) is 0 Å². The van der Waals surface area contributed by atoms with E-state index in [2.05, 4.69) is 15.3 Å². The third kappa shape index (κ3) is 4.53. The van der Waals surface area contributed by atoms with Crippen LogP contribution in [0.2, 0.25) is 0 Å². The van der Waals surface area contributed by atoms with Crippen LogP contribution in [0.15, 0.2) is 36.5 Å². The molecular weight excluding hydrogens is 337 g/mol. The average molecular weight is 357 g/mol. The van der Waals surface area contributed by atoms with Crippen LogP contribution in [0.5, 0.6) is 0 Å². The van der Waals surface area contributed by atoms with E-state index < -0.39 is 0 Å². The molecule has 0 spiro atoms. The minimum atomic E-state index is -0.278. The van der Waals surface area contributed by atoms with Crippen LogP contribution in [0.3, 0.4) is 0 Å². The van der Waals surface area contributed by atoms with E-state index in [0.717, 1.165) is 12.0 Å². The largest absolute Gasteiger partial charge is 0.350 e. The number of nitrogens with one attached hydrogen (secondary N) is 1. The Morgan fingerprint density at radius 3 is 2.58 bits per heavy atom. The Morgan fingerprint density at radius 2 is 1.88 bits per heavy atom. The number of hydrogen-bond donors (Lipinski definition) is 1. The molecule has 1 aromatic heterocycles. The Kier molecular flexibility index (Phi) is 5.73. The van der Waals surface area contributed by atoms with Gasteiger partial charge >= 0.3 is 0 Å². The number of carbonyl (C=O) groups is 2. The number of anilines is 1. The van der Waals surface area contributed by atoms with E-state index in [4.69, 9.17) is 0 Å². The van der Waals surface area contributed by atoms with Gasteiger partial charge in [0.05, 0.1) is 0 Å². The molecule has 0 bridgehead atoms. The summed E-state index contributed by atoms with van der Waals surface area (Å²) in [5.74, 6) is -0.0655. The van der Waals surface area contributed by atoms with Gasteiger partial charge in [0.1, 0.15) is 11.5 Å². The quantitative estimate of drug-likeness (QED) is 0.776. The predicted molar refractivity (Wildman–Crippen MR) is 94.3 cm³/mol. The number of nitrogens with zero attached hydrogens (tertiary/aromatic N) is 4. The number of hydrogen-bond acceptors (Lipinski definition) is 5. The van der Waals surface area contributed by atoms with Crippen LogP contribution in [0.1, 0.15) is 16.1 Å². The zero-order valence-electron chi connectivity index (χ0n) is 14.3. The van der Waals surface area contributed by atoms with E-state index in [1.165, 1.54) is 12.1 Å². The summed E-state index contributed by atoms with van der Waals surface area (Å²) < 4.78 is 12.9. The molecule has 0 radical (unpaired) electrons. The maximum absolute atomic E-state index is 12.9. The molecule has 8 heteroatoms. The number of halogens is 1. The first-order valence-electron chi connectivity index (χ1n) is 8.46. The van der Waals surface area contributed by atoms with E-state index in [0.29, 0.717) is 50.8 Å². The van der Waals surface area contributed by atoms with Crippen molar-refractivity contribution in [3.05, 3.63) is 53.6 Å². The van der Waals surface area contributed by atoms with E-state index in [1.807, 2.05) is 4.90 Å². The molecule has 2 amide bonds. The van der Waals surface area contributed by atoms with Crippen LogP contribution in [0.25, 0.3) is 0 Å². The predicted octanol–water partition coefficient (Wildman–Crippen LogP) is 0.867. The fourth-order valence-corrected chi connectivity index (χ4v) is 2.72. The summed E-state index contributed by atoms with van der Waals surface area (Å²) in [6, 6.07) is 7.77. The highest BCUT2D eigenvalue weighted by molar-refractivity contribution is 5.92. The van der Waals surface area contributed by atoms with E-state index >= 15 is 0 Å². The Hall–Kier alpha value is -3.03. The fraction of sp³-hybridized carbons (Fsp3) is 0.333. The van der Waals surface area contributed by atoms with Gasteiger partial charge in [0.15, 0.2) is 0 Å². The first kappa shape index (κ1) is 17.8. The topological polar surface area (TPSA) is 78.4 Å². The highest BCUT2D eigenvalue weighted by Gasteiger charge is 2.19. The monoisotopic (exact) mass is 357 g/mol. The van der Waals surface area contributed by atoms with Crippen LogP contribution < -0.4 is 10.2 Å². The molecule has 0 atom stereocenters. The summed E-state index contributed by atoms with van der Waals surface area (Å²) in [6.45, 7) is 2.92. The number of rotatable bonds is 6. The smallest absolute Gasteiger partial charge is 0.270 e. The molecule has 7 nitrogen and oxygen atoms in total. The van der Waals surface area contributed by atoms with Gasteiger partial charge in [-0.3, -0.25) is 9.59 Å². The number of benzene rings is 1. The molecule has 2 aromatic rings. The zero-order chi connectivity index (χ0) is 18.4. The van der Waals surface area contributed by atoms with Gasteiger partial charge in [-0.05, 0) is 30.2 Å². The first-order chi connectivity index (χ1) is 12.7. The van der Waals surface area contributed by atoms with Crippen LogP contribution in [0, 0.1) is 5.82 Å². The standard InChI is InChI=1S/C18H20FN5O2/c19-15-3-1-14(2-4-15)5-7-20-17(26)16-6-8-21-18(22-16)24-11-9-23(13-25)10-12-24/h1-4,6,8,13H,5,7,9-12H2,(H,20,26). The average Bonchev–Trinajstić information content (AvgIpc) is 2.69. The van der Waals surface area contributed by atoms with Gasteiger partial charge in [0.25, 0.3) is 5.91 Å². The molecule has 26 heavy (non-hydrogen) atoms. The van der Waals surface area contributed by atoms with Gasteiger partial charge < -0.3 is 15.1 Å². The van der Waals surface area contributed by atoms with E-state index in [-0.39, 0.29) is 11.7 Å². The van der Waals surface area contributed by atoms with E-state index in [1.54, 1.807) is 29.3 Å². The van der Waals surface area contributed by atoms with Crippen molar-refractivity contribution in [1.82, 2.24) is 20.2 Å². The molecule has 2 heterocycles. The highest BCUT2D eigenvalue weighted by Crippen LogP contribution is 2.11. The van der Waals surface area contributed by atoms with Gasteiger partial charge in [-0.1, -0.05) is 12.1 Å². The van der Waals surface area contributed by atoms with Gasteiger partial charge in [0, 0.05) is 38.9 Å². The second kappa shape index (κ2) is 8.37. The summed E-state index contributed by atoms with van der Waals surface area (Å²) in [7, 11) is 0. The Labute approximate surface area is 150 Å². The second-order valence-electron chi connectivity index (χ2n) is 6.00. The van der Waals surface area contributed by atoms with Gasteiger partial charge in [-0.25, -0.2) is 14.4 Å². The minimum Gasteiger partial charge on any atom is -0.350 e. The maximum Gasteiger partial charge on any atom is 0.270 e. The molecule has 1 aliphatic rings. The van der Waals surface area contributed by atoms with Crippen molar-refractivity contribution in [1.29, 1.82) is 0 Å². The SMILES string of the molecule is O=CN1CCN(c2nccc(C(=O)NCCc3ccc(F)cc3)n2)CC1. The molecule has 1 aromatic carbocycles. The Morgan fingerprint density at radius 1 is 1.15 bits per heavy atom. The highest BCUT2D eigenvalue weighted by atomic mass is 19.1. The van der Waals surface area contributed by atoms with Crippen molar-refractivity contribution in [2.24, 2.45) is 0 Å². The Balaban J connectivity index is 1.54. The lowest BCUT2D eigenvalue weighted by atomic mass is 10.1. The Bertz CT molecular complexity index is 760. The molecule has 0 saturated carbocycles. The molecule has 1 fully saturated rings. The van der Waals surface area contributed by atoms with Crippen molar-refractivity contribution < 1.29 is 14.0 Å². The van der Waals surface area contributed by atoms with Crippen LogP contribution in [-0.4, -0.2) is 59.9 Å². The van der Waals surface area contributed by atoms with Crippen molar-refractivity contribution in [3.63, 3.8) is 0 Å². The molecule has 136 valence electrons. The lowest BCUT2D eigenvalue weighted by Crippen LogP contribution is -2.46. The molecule has 1 aliphatic heterocycles. The van der Waals surface area contributed by atoms with Crippen LogP contribution in [0.4, 0.5) is 10.3 Å². The van der Waals surface area contributed by atoms with Crippen molar-refractivity contribution in [2.45, 2.75) is 6.42 Å². The van der Waals surface area contributed by atoms with Crippen LogP contribution in [-0.2, 0) is 11.2 Å². The number of carbonyl (C=O) groups excluding carboxylic acids is 2.